The first-order valence-corrected chi connectivity index (χ1v) is 8.95. The molecule has 0 saturated carbocycles. The standard InChI is InChI=1S/C18H26N4O2S.HI/c1-18(2,3)15-11-25-16(22-15)8-9-20-17(19)21-13-10-12(23-4)6-7-14(13)24-5;/h6-7,10-11H,8-9H2,1-5H3,(H3,19,20,21);1H. The van der Waals surface area contributed by atoms with Gasteiger partial charge in [0.05, 0.1) is 30.6 Å². The molecular weight excluding hydrogens is 463 g/mol. The van der Waals surface area contributed by atoms with Crippen LogP contribution in [0.25, 0.3) is 0 Å². The second kappa shape index (κ2) is 9.96. The average molecular weight is 490 g/mol. The van der Waals surface area contributed by atoms with E-state index in [9.17, 15) is 0 Å². The van der Waals surface area contributed by atoms with Gasteiger partial charge in [0, 0.05) is 29.8 Å². The van der Waals surface area contributed by atoms with Crippen LogP contribution in [-0.2, 0) is 11.8 Å². The van der Waals surface area contributed by atoms with Gasteiger partial charge in [-0.25, -0.2) is 4.98 Å². The predicted octanol–water partition coefficient (Wildman–Crippen LogP) is 4.05. The number of benzene rings is 1. The van der Waals surface area contributed by atoms with Gasteiger partial charge in [0.1, 0.15) is 11.5 Å². The van der Waals surface area contributed by atoms with Gasteiger partial charge >= 0.3 is 0 Å². The third kappa shape index (κ3) is 6.31. The van der Waals surface area contributed by atoms with Crippen LogP contribution in [0, 0.1) is 0 Å². The smallest absolute Gasteiger partial charge is 0.193 e. The summed E-state index contributed by atoms with van der Waals surface area (Å²) in [7, 11) is 3.22. The predicted molar refractivity (Wildman–Crippen MR) is 120 cm³/mol. The van der Waals surface area contributed by atoms with Gasteiger partial charge in [0.25, 0.3) is 0 Å². The summed E-state index contributed by atoms with van der Waals surface area (Å²) >= 11 is 1.66. The molecule has 1 aromatic carbocycles. The highest BCUT2D eigenvalue weighted by atomic mass is 127. The van der Waals surface area contributed by atoms with Crippen molar-refractivity contribution in [3.05, 3.63) is 34.3 Å². The van der Waals surface area contributed by atoms with Gasteiger partial charge in [-0.3, -0.25) is 4.99 Å². The quantitative estimate of drug-likeness (QED) is 0.363. The molecule has 0 saturated heterocycles. The number of nitrogens with zero attached hydrogens (tertiary/aromatic N) is 2. The monoisotopic (exact) mass is 490 g/mol. The third-order valence-electron chi connectivity index (χ3n) is 3.60. The molecule has 0 aliphatic heterocycles. The molecule has 0 aliphatic rings. The Morgan fingerprint density at radius 2 is 2.00 bits per heavy atom. The van der Waals surface area contributed by atoms with E-state index in [2.05, 4.69) is 41.4 Å². The Hall–Kier alpha value is -1.55. The van der Waals surface area contributed by atoms with Crippen molar-refractivity contribution >= 4 is 47.0 Å². The molecule has 0 radical (unpaired) electrons. The van der Waals surface area contributed by atoms with Crippen LogP contribution >= 0.6 is 35.3 Å². The minimum absolute atomic E-state index is 0. The molecular formula is C18H27IN4O2S. The first-order chi connectivity index (χ1) is 11.8. The van der Waals surface area contributed by atoms with Gasteiger partial charge < -0.3 is 20.5 Å². The highest BCUT2D eigenvalue weighted by Gasteiger charge is 2.17. The van der Waals surface area contributed by atoms with E-state index in [0.29, 0.717) is 29.7 Å². The Bertz CT molecular complexity index is 741. The maximum Gasteiger partial charge on any atom is 0.193 e. The van der Waals surface area contributed by atoms with Gasteiger partial charge in [-0.05, 0) is 12.1 Å². The van der Waals surface area contributed by atoms with Crippen molar-refractivity contribution in [2.45, 2.75) is 32.6 Å². The lowest BCUT2D eigenvalue weighted by molar-refractivity contribution is 0.405. The van der Waals surface area contributed by atoms with Crippen molar-refractivity contribution in [1.82, 2.24) is 4.98 Å². The fraction of sp³-hybridized carbons (Fsp3) is 0.444. The molecule has 0 amide bonds. The van der Waals surface area contributed by atoms with Gasteiger partial charge in [-0.1, -0.05) is 20.8 Å². The number of hydrogen-bond acceptors (Lipinski definition) is 5. The largest absolute Gasteiger partial charge is 0.497 e. The molecule has 0 atom stereocenters. The first kappa shape index (κ1) is 22.5. The van der Waals surface area contributed by atoms with E-state index < -0.39 is 0 Å². The van der Waals surface area contributed by atoms with Crippen LogP contribution in [0.1, 0.15) is 31.5 Å². The average Bonchev–Trinajstić information content (AvgIpc) is 3.04. The zero-order chi connectivity index (χ0) is 18.4. The normalized spacial score (nSPS) is 11.7. The molecule has 2 rings (SSSR count). The number of aliphatic imine (C=N–C) groups is 1. The molecule has 1 heterocycles. The summed E-state index contributed by atoms with van der Waals surface area (Å²) in [6.45, 7) is 7.05. The molecule has 2 aromatic rings. The number of ether oxygens (including phenoxy) is 2. The number of rotatable bonds is 6. The van der Waals surface area contributed by atoms with Crippen LogP contribution < -0.4 is 20.5 Å². The fourth-order valence-electron chi connectivity index (χ4n) is 2.13. The van der Waals surface area contributed by atoms with E-state index in [1.165, 1.54) is 0 Å². The number of hydrogen-bond donors (Lipinski definition) is 2. The van der Waals surface area contributed by atoms with E-state index >= 15 is 0 Å². The topological polar surface area (TPSA) is 81.8 Å². The van der Waals surface area contributed by atoms with Crippen LogP contribution in [0.5, 0.6) is 11.5 Å². The minimum atomic E-state index is 0. The van der Waals surface area contributed by atoms with Gasteiger partial charge in [-0.15, -0.1) is 35.3 Å². The van der Waals surface area contributed by atoms with E-state index in [-0.39, 0.29) is 29.4 Å². The van der Waals surface area contributed by atoms with Gasteiger partial charge in [0.15, 0.2) is 5.96 Å². The SMILES string of the molecule is COc1ccc(OC)c(NC(N)=NCCc2nc(C(C)(C)C)cs2)c1.I. The van der Waals surface area contributed by atoms with Crippen LogP contribution in [0.15, 0.2) is 28.6 Å². The Morgan fingerprint density at radius 3 is 2.58 bits per heavy atom. The van der Waals surface area contributed by atoms with Crippen LogP contribution in [0.3, 0.4) is 0 Å². The Labute approximate surface area is 176 Å². The molecule has 3 N–H and O–H groups in total. The van der Waals surface area contributed by atoms with E-state index in [0.717, 1.165) is 17.1 Å². The van der Waals surface area contributed by atoms with Gasteiger partial charge in [-0.2, -0.15) is 0 Å². The number of methoxy groups -OCH3 is 2. The maximum atomic E-state index is 5.98. The van der Waals surface area contributed by atoms with Crippen molar-refractivity contribution in [1.29, 1.82) is 0 Å². The zero-order valence-electron chi connectivity index (χ0n) is 15.8. The van der Waals surface area contributed by atoms with Crippen molar-refractivity contribution in [3.63, 3.8) is 0 Å². The number of guanidine groups is 1. The van der Waals surface area contributed by atoms with Crippen molar-refractivity contribution < 1.29 is 9.47 Å². The van der Waals surface area contributed by atoms with E-state index in [1.807, 2.05) is 18.2 Å². The summed E-state index contributed by atoms with van der Waals surface area (Å²) in [5, 5.41) is 6.24. The lowest BCUT2D eigenvalue weighted by atomic mass is 9.93. The zero-order valence-corrected chi connectivity index (χ0v) is 19.0. The molecule has 26 heavy (non-hydrogen) atoms. The molecule has 1 aromatic heterocycles. The number of aromatic nitrogens is 1. The second-order valence-corrected chi connectivity index (χ2v) is 7.53. The lowest BCUT2D eigenvalue weighted by Gasteiger charge is -2.14. The molecule has 0 spiro atoms. The summed E-state index contributed by atoms with van der Waals surface area (Å²) in [4.78, 5) is 9.03. The number of thiazole rings is 1. The second-order valence-electron chi connectivity index (χ2n) is 6.58. The number of nitrogens with one attached hydrogen (secondary N) is 1. The summed E-state index contributed by atoms with van der Waals surface area (Å²) in [6, 6.07) is 5.46. The molecule has 0 bridgehead atoms. The summed E-state index contributed by atoms with van der Waals surface area (Å²) in [5.74, 6) is 1.72. The van der Waals surface area contributed by atoms with Crippen molar-refractivity contribution in [2.24, 2.45) is 10.7 Å². The molecule has 0 fully saturated rings. The van der Waals surface area contributed by atoms with Gasteiger partial charge in [0.2, 0.25) is 0 Å². The fourth-order valence-corrected chi connectivity index (χ4v) is 3.15. The number of nitrogens with two attached hydrogens (primary N) is 1. The van der Waals surface area contributed by atoms with Crippen molar-refractivity contribution in [3.8, 4) is 11.5 Å². The molecule has 8 heteroatoms. The molecule has 144 valence electrons. The minimum Gasteiger partial charge on any atom is -0.497 e. The maximum absolute atomic E-state index is 5.98. The van der Waals surface area contributed by atoms with Crippen LogP contribution in [0.2, 0.25) is 0 Å². The van der Waals surface area contributed by atoms with E-state index in [4.69, 9.17) is 15.2 Å². The first-order valence-electron chi connectivity index (χ1n) is 8.07. The van der Waals surface area contributed by atoms with E-state index in [1.54, 1.807) is 25.6 Å². The summed E-state index contributed by atoms with van der Waals surface area (Å²) < 4.78 is 10.5. The van der Waals surface area contributed by atoms with Crippen LogP contribution in [0.4, 0.5) is 5.69 Å². The van der Waals surface area contributed by atoms with Crippen molar-refractivity contribution in [2.75, 3.05) is 26.1 Å². The third-order valence-corrected chi connectivity index (χ3v) is 4.51. The lowest BCUT2D eigenvalue weighted by Crippen LogP contribution is -2.23. The summed E-state index contributed by atoms with van der Waals surface area (Å²) in [5.41, 5.74) is 7.89. The highest BCUT2D eigenvalue weighted by molar-refractivity contribution is 14.0. The Balaban J connectivity index is 0.00000338. The highest BCUT2D eigenvalue weighted by Crippen LogP contribution is 2.28. The Kier molecular flexibility index (Phi) is 8.61. The van der Waals surface area contributed by atoms with Crippen LogP contribution in [-0.4, -0.2) is 31.7 Å². The Morgan fingerprint density at radius 1 is 1.27 bits per heavy atom. The number of anilines is 1. The number of halogens is 1. The molecule has 6 nitrogen and oxygen atoms in total. The molecule has 0 unspecified atom stereocenters. The summed E-state index contributed by atoms with van der Waals surface area (Å²) in [6.07, 6.45) is 0.762. The molecule has 0 aliphatic carbocycles.